The van der Waals surface area contributed by atoms with Crippen LogP contribution in [0.25, 0.3) is 0 Å². The number of rotatable bonds is 3. The van der Waals surface area contributed by atoms with Crippen molar-refractivity contribution in [2.24, 2.45) is 0 Å². The molecule has 0 saturated carbocycles. The molecule has 0 aliphatic heterocycles. The minimum Gasteiger partial charge on any atom is -0.508 e. The number of aryl methyl sites for hydroxylation is 1. The first kappa shape index (κ1) is 13.6. The van der Waals surface area contributed by atoms with Gasteiger partial charge in [0.15, 0.2) is 0 Å². The number of benzene rings is 1. The molecular weight excluding hydrogens is 262 g/mol. The lowest BCUT2D eigenvalue weighted by Gasteiger charge is -2.06. The lowest BCUT2D eigenvalue weighted by molar-refractivity contribution is 0.0950. The van der Waals surface area contributed by atoms with Crippen LogP contribution in [0.5, 0.6) is 5.75 Å². The van der Waals surface area contributed by atoms with Gasteiger partial charge in [-0.1, -0.05) is 0 Å². The molecular formula is C13H13N3O4. The van der Waals surface area contributed by atoms with Crippen molar-refractivity contribution in [1.82, 2.24) is 15.3 Å². The summed E-state index contributed by atoms with van der Waals surface area (Å²) in [6.07, 6.45) is 0. The van der Waals surface area contributed by atoms with Gasteiger partial charge in [0.1, 0.15) is 5.75 Å². The van der Waals surface area contributed by atoms with Crippen LogP contribution in [0.15, 0.2) is 33.9 Å². The maximum Gasteiger partial charge on any atom is 0.325 e. The molecule has 0 saturated heterocycles. The average molecular weight is 275 g/mol. The predicted octanol–water partition coefficient (Wildman–Crippen LogP) is 0.00722. The predicted molar refractivity (Wildman–Crippen MR) is 71.7 cm³/mol. The van der Waals surface area contributed by atoms with E-state index < -0.39 is 11.2 Å². The van der Waals surface area contributed by atoms with Crippen molar-refractivity contribution in [1.29, 1.82) is 0 Å². The van der Waals surface area contributed by atoms with E-state index in [0.717, 1.165) is 0 Å². The molecule has 7 nitrogen and oxygen atoms in total. The Hall–Kier alpha value is -2.83. The van der Waals surface area contributed by atoms with E-state index in [9.17, 15) is 19.5 Å². The molecule has 1 amide bonds. The highest BCUT2D eigenvalue weighted by Crippen LogP contribution is 2.16. The summed E-state index contributed by atoms with van der Waals surface area (Å²) in [5, 5.41) is 12.0. The summed E-state index contributed by atoms with van der Waals surface area (Å²) in [5.74, 6) is -0.255. The molecule has 0 aliphatic carbocycles. The number of aromatic hydroxyl groups is 1. The third-order valence-corrected chi connectivity index (χ3v) is 2.71. The van der Waals surface area contributed by atoms with E-state index in [1.165, 1.54) is 18.2 Å². The Labute approximate surface area is 113 Å². The average Bonchev–Trinajstić information content (AvgIpc) is 2.38. The highest BCUT2D eigenvalue weighted by Gasteiger charge is 2.07. The van der Waals surface area contributed by atoms with E-state index >= 15 is 0 Å². The molecule has 0 atom stereocenters. The lowest BCUT2D eigenvalue weighted by atomic mass is 10.1. The van der Waals surface area contributed by atoms with Crippen LogP contribution in [0.1, 0.15) is 21.6 Å². The summed E-state index contributed by atoms with van der Waals surface area (Å²) in [5.41, 5.74) is 0.123. The van der Waals surface area contributed by atoms with Crippen molar-refractivity contribution in [3.05, 3.63) is 61.9 Å². The fraction of sp³-hybridized carbons (Fsp3) is 0.154. The number of H-pyrrole nitrogens is 2. The van der Waals surface area contributed by atoms with Crippen molar-refractivity contribution < 1.29 is 9.90 Å². The Bertz CT molecular complexity index is 732. The van der Waals surface area contributed by atoms with Gasteiger partial charge in [0.25, 0.3) is 11.5 Å². The molecule has 1 aromatic heterocycles. The highest BCUT2D eigenvalue weighted by molar-refractivity contribution is 5.94. The van der Waals surface area contributed by atoms with E-state index in [1.807, 2.05) is 4.98 Å². The zero-order chi connectivity index (χ0) is 14.7. The van der Waals surface area contributed by atoms with Crippen LogP contribution in [-0.4, -0.2) is 21.0 Å². The van der Waals surface area contributed by atoms with E-state index in [1.54, 1.807) is 13.0 Å². The number of hydrogen-bond donors (Lipinski definition) is 4. The van der Waals surface area contributed by atoms with Gasteiger partial charge in [0, 0.05) is 17.3 Å². The van der Waals surface area contributed by atoms with Gasteiger partial charge in [-0.3, -0.25) is 14.6 Å². The van der Waals surface area contributed by atoms with Crippen LogP contribution >= 0.6 is 0 Å². The third-order valence-electron chi connectivity index (χ3n) is 2.71. The fourth-order valence-corrected chi connectivity index (χ4v) is 1.69. The number of hydrogen-bond acceptors (Lipinski definition) is 4. The number of aromatic amines is 2. The zero-order valence-corrected chi connectivity index (χ0v) is 10.7. The number of phenols is 1. The second-order valence-electron chi connectivity index (χ2n) is 4.30. The molecule has 1 aromatic carbocycles. The second-order valence-corrected chi connectivity index (χ2v) is 4.30. The first-order valence-corrected chi connectivity index (χ1v) is 5.86. The largest absolute Gasteiger partial charge is 0.508 e. The number of carbonyl (C=O) groups is 1. The number of phenolic OH excluding ortho intramolecular Hbond substituents is 1. The zero-order valence-electron chi connectivity index (χ0n) is 10.7. The van der Waals surface area contributed by atoms with Gasteiger partial charge in [0.2, 0.25) is 0 Å². The van der Waals surface area contributed by atoms with Crippen LogP contribution < -0.4 is 16.6 Å². The first-order valence-electron chi connectivity index (χ1n) is 5.86. The Kier molecular flexibility index (Phi) is 3.69. The van der Waals surface area contributed by atoms with Crippen LogP contribution in [0.3, 0.4) is 0 Å². The summed E-state index contributed by atoms with van der Waals surface area (Å²) in [6.45, 7) is 1.71. The number of amides is 1. The monoisotopic (exact) mass is 275 g/mol. The fourth-order valence-electron chi connectivity index (χ4n) is 1.69. The van der Waals surface area contributed by atoms with Crippen LogP contribution in [0.2, 0.25) is 0 Å². The van der Waals surface area contributed by atoms with Crippen molar-refractivity contribution >= 4 is 5.91 Å². The lowest BCUT2D eigenvalue weighted by Crippen LogP contribution is -2.28. The number of nitrogens with one attached hydrogen (secondary N) is 3. The van der Waals surface area contributed by atoms with Crippen LogP contribution in [0, 0.1) is 6.92 Å². The Morgan fingerprint density at radius 1 is 1.25 bits per heavy atom. The molecule has 0 radical (unpaired) electrons. The minimum atomic E-state index is -0.623. The molecule has 0 aliphatic rings. The van der Waals surface area contributed by atoms with Gasteiger partial charge in [-0.15, -0.1) is 0 Å². The summed E-state index contributed by atoms with van der Waals surface area (Å²) < 4.78 is 0. The number of aromatic nitrogens is 2. The smallest absolute Gasteiger partial charge is 0.325 e. The van der Waals surface area contributed by atoms with E-state index in [4.69, 9.17) is 0 Å². The van der Waals surface area contributed by atoms with Gasteiger partial charge in [0.05, 0.1) is 6.54 Å². The maximum absolute atomic E-state index is 11.9. The Morgan fingerprint density at radius 3 is 2.65 bits per heavy atom. The molecule has 104 valence electrons. The van der Waals surface area contributed by atoms with Crippen molar-refractivity contribution in [3.63, 3.8) is 0 Å². The minimum absolute atomic E-state index is 0.0257. The topological polar surface area (TPSA) is 115 Å². The standard InChI is InChI=1S/C13H13N3O4/c1-7-4-8(2-3-10(7)17)12(19)14-6-9-5-11(18)16-13(20)15-9/h2-5,17H,6H2,1H3,(H,14,19)(H2,15,16,18,20). The molecule has 1 heterocycles. The molecule has 2 rings (SSSR count). The van der Waals surface area contributed by atoms with Crippen LogP contribution in [-0.2, 0) is 6.54 Å². The molecule has 0 unspecified atom stereocenters. The maximum atomic E-state index is 11.9. The van der Waals surface area contributed by atoms with E-state index in [-0.39, 0.29) is 18.2 Å². The van der Waals surface area contributed by atoms with Gasteiger partial charge in [-0.25, -0.2) is 4.79 Å². The SMILES string of the molecule is Cc1cc(C(=O)NCc2cc(=O)[nH]c(=O)[nH]2)ccc1O. The Balaban J connectivity index is 2.10. The van der Waals surface area contributed by atoms with Crippen molar-refractivity contribution in [3.8, 4) is 5.75 Å². The molecule has 2 aromatic rings. The Morgan fingerprint density at radius 2 is 2.00 bits per heavy atom. The van der Waals surface area contributed by atoms with E-state index in [2.05, 4.69) is 10.3 Å². The number of carbonyl (C=O) groups excluding carboxylic acids is 1. The second kappa shape index (κ2) is 5.43. The molecule has 4 N–H and O–H groups in total. The normalized spacial score (nSPS) is 10.2. The van der Waals surface area contributed by atoms with Crippen molar-refractivity contribution in [2.45, 2.75) is 13.5 Å². The summed E-state index contributed by atoms with van der Waals surface area (Å²) in [4.78, 5) is 38.5. The molecule has 0 spiro atoms. The van der Waals surface area contributed by atoms with Gasteiger partial charge in [-0.05, 0) is 30.7 Å². The van der Waals surface area contributed by atoms with Gasteiger partial charge >= 0.3 is 5.69 Å². The first-order chi connectivity index (χ1) is 9.45. The summed E-state index contributed by atoms with van der Waals surface area (Å²) in [6, 6.07) is 5.66. The highest BCUT2D eigenvalue weighted by atomic mass is 16.3. The molecule has 7 heteroatoms. The molecule has 0 bridgehead atoms. The third kappa shape index (κ3) is 3.14. The van der Waals surface area contributed by atoms with Crippen molar-refractivity contribution in [2.75, 3.05) is 0 Å². The van der Waals surface area contributed by atoms with Gasteiger partial charge in [-0.2, -0.15) is 0 Å². The quantitative estimate of drug-likeness (QED) is 0.631. The molecule has 0 fully saturated rings. The van der Waals surface area contributed by atoms with Crippen LogP contribution in [0.4, 0.5) is 0 Å². The summed E-state index contributed by atoms with van der Waals surface area (Å²) in [7, 11) is 0. The van der Waals surface area contributed by atoms with Gasteiger partial charge < -0.3 is 15.4 Å². The summed E-state index contributed by atoms with van der Waals surface area (Å²) >= 11 is 0. The van der Waals surface area contributed by atoms with E-state index in [0.29, 0.717) is 16.8 Å². The molecule has 20 heavy (non-hydrogen) atoms.